The quantitative estimate of drug-likeness (QED) is 0.193. The molecule has 0 spiro atoms. The van der Waals surface area contributed by atoms with E-state index in [0.717, 1.165) is 16.2 Å². The smallest absolute Gasteiger partial charge is 0.325 e. The molecule has 0 radical (unpaired) electrons. The van der Waals surface area contributed by atoms with Crippen LogP contribution in [0.2, 0.25) is 0 Å². The van der Waals surface area contributed by atoms with Gasteiger partial charge in [-0.2, -0.15) is 4.99 Å². The maximum Gasteiger partial charge on any atom is 0.325 e. The average molecular weight is 505 g/mol. The third-order valence-electron chi connectivity index (χ3n) is 5.31. The Labute approximate surface area is 205 Å². The van der Waals surface area contributed by atoms with Crippen LogP contribution in [0.4, 0.5) is 5.69 Å². The van der Waals surface area contributed by atoms with Crippen molar-refractivity contribution in [2.75, 3.05) is 7.11 Å². The van der Waals surface area contributed by atoms with Gasteiger partial charge in [0.2, 0.25) is 0 Å². The highest BCUT2D eigenvalue weighted by molar-refractivity contribution is 7.16. The SMILES string of the molecule is COC(=O)Cn1c(=NC(=O)c2cc(-c3cccs3)nc3ccccc23)sc2cc([N+](=O)[O-])ccc21. The number of benzene rings is 2. The van der Waals surface area contributed by atoms with Crippen LogP contribution in [0.5, 0.6) is 0 Å². The third-order valence-corrected chi connectivity index (χ3v) is 7.24. The van der Waals surface area contributed by atoms with Crippen LogP contribution in [-0.2, 0) is 16.1 Å². The summed E-state index contributed by atoms with van der Waals surface area (Å²) in [5.74, 6) is -1.05. The van der Waals surface area contributed by atoms with Gasteiger partial charge in [-0.25, -0.2) is 4.98 Å². The molecule has 0 aliphatic carbocycles. The van der Waals surface area contributed by atoms with Crippen LogP contribution in [0.1, 0.15) is 10.4 Å². The number of non-ortho nitro benzene ring substituents is 1. The number of amides is 1. The highest BCUT2D eigenvalue weighted by atomic mass is 32.1. The molecule has 0 bridgehead atoms. The van der Waals surface area contributed by atoms with Crippen molar-refractivity contribution in [2.24, 2.45) is 4.99 Å². The minimum absolute atomic E-state index is 0.0948. The van der Waals surface area contributed by atoms with Gasteiger partial charge in [-0.05, 0) is 29.6 Å². The van der Waals surface area contributed by atoms with Gasteiger partial charge < -0.3 is 9.30 Å². The van der Waals surface area contributed by atoms with Crippen LogP contribution < -0.4 is 4.80 Å². The Bertz CT molecular complexity index is 1690. The van der Waals surface area contributed by atoms with Gasteiger partial charge >= 0.3 is 5.97 Å². The number of hydrogen-bond donors (Lipinski definition) is 0. The summed E-state index contributed by atoms with van der Waals surface area (Å²) in [5.41, 5.74) is 2.13. The zero-order valence-electron chi connectivity index (χ0n) is 18.2. The molecule has 0 unspecified atom stereocenters. The molecule has 0 fully saturated rings. The number of methoxy groups -OCH3 is 1. The number of fused-ring (bicyclic) bond motifs is 2. The van der Waals surface area contributed by atoms with Crippen molar-refractivity contribution in [2.45, 2.75) is 6.54 Å². The fourth-order valence-electron chi connectivity index (χ4n) is 3.66. The number of para-hydroxylation sites is 1. The van der Waals surface area contributed by atoms with Gasteiger partial charge in [-0.15, -0.1) is 11.3 Å². The van der Waals surface area contributed by atoms with Crippen LogP contribution >= 0.6 is 22.7 Å². The number of nitro benzene ring substituents is 1. The molecule has 0 N–H and O–H groups in total. The van der Waals surface area contributed by atoms with Gasteiger partial charge in [-0.3, -0.25) is 19.7 Å². The van der Waals surface area contributed by atoms with Crippen LogP contribution in [0, 0.1) is 10.1 Å². The number of carbonyl (C=O) groups excluding carboxylic acids is 2. The molecular weight excluding hydrogens is 488 g/mol. The van der Waals surface area contributed by atoms with Gasteiger partial charge in [0.1, 0.15) is 6.54 Å². The van der Waals surface area contributed by atoms with E-state index in [1.807, 2.05) is 35.7 Å². The van der Waals surface area contributed by atoms with Crippen molar-refractivity contribution in [1.29, 1.82) is 0 Å². The number of nitro groups is 1. The van der Waals surface area contributed by atoms with Gasteiger partial charge in [0, 0.05) is 17.5 Å². The topological polar surface area (TPSA) is 117 Å². The number of nitrogens with zero attached hydrogens (tertiary/aromatic N) is 4. The number of ether oxygens (including phenoxy) is 1. The summed E-state index contributed by atoms with van der Waals surface area (Å²) >= 11 is 2.60. The monoisotopic (exact) mass is 504 g/mol. The maximum atomic E-state index is 13.5. The summed E-state index contributed by atoms with van der Waals surface area (Å²) in [6.45, 7) is -0.196. The van der Waals surface area contributed by atoms with Crippen molar-refractivity contribution in [3.05, 3.63) is 86.5 Å². The van der Waals surface area contributed by atoms with E-state index in [9.17, 15) is 19.7 Å². The van der Waals surface area contributed by atoms with Crippen LogP contribution in [0.3, 0.4) is 0 Å². The summed E-state index contributed by atoms with van der Waals surface area (Å²) in [7, 11) is 1.26. The zero-order chi connectivity index (χ0) is 24.5. The first-order valence-corrected chi connectivity index (χ1v) is 12.0. The Kier molecular flexibility index (Phi) is 5.93. The van der Waals surface area contributed by atoms with E-state index in [-0.39, 0.29) is 17.0 Å². The molecule has 5 rings (SSSR count). The van der Waals surface area contributed by atoms with E-state index in [2.05, 4.69) is 9.98 Å². The maximum absolute atomic E-state index is 13.5. The second-order valence-corrected chi connectivity index (χ2v) is 9.38. The van der Waals surface area contributed by atoms with E-state index >= 15 is 0 Å². The molecule has 3 aromatic heterocycles. The highest BCUT2D eigenvalue weighted by Gasteiger charge is 2.18. The molecule has 0 saturated carbocycles. The lowest BCUT2D eigenvalue weighted by Crippen LogP contribution is -2.22. The molecular formula is C24H16N4O5S2. The molecule has 3 heterocycles. The molecule has 0 aliphatic rings. The first-order chi connectivity index (χ1) is 16.9. The van der Waals surface area contributed by atoms with Gasteiger partial charge in [0.25, 0.3) is 11.6 Å². The summed E-state index contributed by atoms with van der Waals surface area (Å²) in [6.07, 6.45) is 0. The van der Waals surface area contributed by atoms with Crippen molar-refractivity contribution >= 4 is 61.4 Å². The summed E-state index contributed by atoms with van der Waals surface area (Å²) in [6, 6.07) is 17.1. The Morgan fingerprint density at radius 2 is 1.97 bits per heavy atom. The van der Waals surface area contributed by atoms with E-state index in [4.69, 9.17) is 4.74 Å². The summed E-state index contributed by atoms with van der Waals surface area (Å²) in [4.78, 5) is 46.5. The first-order valence-electron chi connectivity index (χ1n) is 10.3. The van der Waals surface area contributed by atoms with Crippen molar-refractivity contribution in [3.63, 3.8) is 0 Å². The second-order valence-electron chi connectivity index (χ2n) is 7.42. The summed E-state index contributed by atoms with van der Waals surface area (Å²) < 4.78 is 6.84. The molecule has 0 saturated heterocycles. The van der Waals surface area contributed by atoms with Crippen LogP contribution in [0.25, 0.3) is 31.7 Å². The number of carbonyl (C=O) groups is 2. The predicted octanol–water partition coefficient (Wildman–Crippen LogP) is 4.80. The molecule has 0 aliphatic heterocycles. The van der Waals surface area contributed by atoms with Crippen molar-refractivity contribution < 1.29 is 19.2 Å². The Morgan fingerprint density at radius 3 is 2.71 bits per heavy atom. The highest BCUT2D eigenvalue weighted by Crippen LogP contribution is 2.28. The lowest BCUT2D eigenvalue weighted by atomic mass is 10.1. The largest absolute Gasteiger partial charge is 0.468 e. The molecule has 35 heavy (non-hydrogen) atoms. The number of pyridine rings is 1. The first kappa shape index (κ1) is 22.6. The Balaban J connectivity index is 1.70. The van der Waals surface area contributed by atoms with E-state index < -0.39 is 16.8 Å². The fourth-order valence-corrected chi connectivity index (χ4v) is 5.40. The van der Waals surface area contributed by atoms with Crippen molar-refractivity contribution in [1.82, 2.24) is 9.55 Å². The molecule has 11 heteroatoms. The van der Waals surface area contributed by atoms with Gasteiger partial charge in [-0.1, -0.05) is 35.6 Å². The predicted molar refractivity (Wildman–Crippen MR) is 133 cm³/mol. The molecule has 2 aromatic carbocycles. The normalized spacial score (nSPS) is 11.7. The Hall–Kier alpha value is -4.22. The van der Waals surface area contributed by atoms with E-state index in [1.54, 1.807) is 12.1 Å². The molecule has 5 aromatic rings. The second kappa shape index (κ2) is 9.20. The van der Waals surface area contributed by atoms with E-state index in [1.165, 1.54) is 41.2 Å². The van der Waals surface area contributed by atoms with Gasteiger partial charge in [0.05, 0.1) is 43.9 Å². The number of aromatic nitrogens is 2. The fraction of sp³-hybridized carbons (Fsp3) is 0.0833. The molecule has 1 amide bonds. The minimum atomic E-state index is -0.536. The lowest BCUT2D eigenvalue weighted by Gasteiger charge is -2.07. The standard InChI is InChI=1S/C24H16N4O5S2/c1-33-22(29)13-27-19-9-8-14(28(31)32)11-21(19)35-24(27)26-23(30)16-12-18(20-7-4-10-34-20)25-17-6-3-2-5-15(16)17/h2-12H,13H2,1H3. The van der Waals surface area contributed by atoms with E-state index in [0.29, 0.717) is 32.4 Å². The van der Waals surface area contributed by atoms with Gasteiger partial charge in [0.15, 0.2) is 4.80 Å². The number of esters is 1. The minimum Gasteiger partial charge on any atom is -0.468 e. The number of thiazole rings is 1. The molecule has 9 nitrogen and oxygen atoms in total. The molecule has 0 atom stereocenters. The average Bonchev–Trinajstić information content (AvgIpc) is 3.51. The number of rotatable bonds is 5. The third kappa shape index (κ3) is 4.34. The Morgan fingerprint density at radius 1 is 1.14 bits per heavy atom. The zero-order valence-corrected chi connectivity index (χ0v) is 19.8. The van der Waals surface area contributed by atoms with Crippen LogP contribution in [-0.4, -0.2) is 33.5 Å². The van der Waals surface area contributed by atoms with Crippen molar-refractivity contribution in [3.8, 4) is 10.6 Å². The summed E-state index contributed by atoms with van der Waals surface area (Å²) in [5, 5.41) is 13.8. The number of hydrogen-bond acceptors (Lipinski definition) is 8. The lowest BCUT2D eigenvalue weighted by molar-refractivity contribution is -0.384. The number of thiophene rings is 1. The van der Waals surface area contributed by atoms with Crippen LogP contribution in [0.15, 0.2) is 71.0 Å². The molecule has 174 valence electrons.